The van der Waals surface area contributed by atoms with Gasteiger partial charge in [0.15, 0.2) is 0 Å². The maximum absolute atomic E-state index is 13.6. The number of fused-ring (bicyclic) bond motifs is 3. The third kappa shape index (κ3) is 7.54. The van der Waals surface area contributed by atoms with E-state index in [0.29, 0.717) is 31.3 Å². The Labute approximate surface area is 325 Å². The van der Waals surface area contributed by atoms with Crippen molar-refractivity contribution in [1.29, 1.82) is 0 Å². The Balaban J connectivity index is 1.05. The van der Waals surface area contributed by atoms with Gasteiger partial charge >= 0.3 is 12.2 Å². The quantitative estimate of drug-likeness (QED) is 0.148. The van der Waals surface area contributed by atoms with Crippen molar-refractivity contribution < 1.29 is 33.4 Å². The maximum Gasteiger partial charge on any atom is 0.407 e. The van der Waals surface area contributed by atoms with Crippen LogP contribution in [0.3, 0.4) is 0 Å². The first-order valence-corrected chi connectivity index (χ1v) is 19.3. The van der Waals surface area contributed by atoms with Crippen LogP contribution in [0.25, 0.3) is 33.6 Å². The number of amides is 4. The van der Waals surface area contributed by atoms with Gasteiger partial charge in [0, 0.05) is 24.2 Å². The van der Waals surface area contributed by atoms with Crippen molar-refractivity contribution in [1.82, 2.24) is 40.4 Å². The van der Waals surface area contributed by atoms with Crippen molar-refractivity contribution in [3.63, 3.8) is 0 Å². The number of nitrogens with zero attached hydrogens (tertiary/aromatic N) is 4. The molecule has 4 N–H and O–H groups in total. The molecule has 2 saturated heterocycles. The number of rotatable bonds is 10. The molecule has 0 aliphatic carbocycles. The summed E-state index contributed by atoms with van der Waals surface area (Å²) in [5.74, 6) is 1.65. The summed E-state index contributed by atoms with van der Waals surface area (Å²) in [6.45, 7) is 9.14. The average Bonchev–Trinajstić information content (AvgIpc) is 4.04. The van der Waals surface area contributed by atoms with Gasteiger partial charge in [-0.05, 0) is 72.4 Å². The molecule has 2 aromatic carbocycles. The normalized spacial score (nSPS) is 18.6. The lowest BCUT2D eigenvalue weighted by molar-refractivity contribution is -0.136. The molecule has 296 valence electrons. The van der Waals surface area contributed by atoms with Crippen LogP contribution in [0.1, 0.15) is 82.7 Å². The molecule has 0 bridgehead atoms. The van der Waals surface area contributed by atoms with Crippen LogP contribution < -0.4 is 15.4 Å². The SMILES string of the molecule is COC(=O)NC(C(=O)N1CCC[C@H]1c1ncc(-c2ccc3c(c2)COc2cc(-c4cnc([C@@H]5CCCN5C(=O)[C@@H](NC(=O)OC)C(C)C)[nH]4)ccc2-3)[nH]1)C(C)C. The van der Waals surface area contributed by atoms with Crippen LogP contribution in [-0.4, -0.2) is 93.1 Å². The predicted octanol–water partition coefficient (Wildman–Crippen LogP) is 6.11. The van der Waals surface area contributed by atoms with E-state index in [0.717, 1.165) is 70.6 Å². The Kier molecular flexibility index (Phi) is 11.0. The number of H-pyrrole nitrogens is 2. The predicted molar refractivity (Wildman–Crippen MR) is 207 cm³/mol. The molecule has 2 fully saturated rings. The summed E-state index contributed by atoms with van der Waals surface area (Å²) in [6, 6.07) is 10.5. The Morgan fingerprint density at radius 3 is 1.70 bits per heavy atom. The van der Waals surface area contributed by atoms with E-state index in [1.54, 1.807) is 22.2 Å². The lowest BCUT2D eigenvalue weighted by atomic mass is 9.93. The van der Waals surface area contributed by atoms with Crippen LogP contribution >= 0.6 is 0 Å². The largest absolute Gasteiger partial charge is 0.488 e. The van der Waals surface area contributed by atoms with Crippen molar-refractivity contribution in [2.75, 3.05) is 27.3 Å². The second-order valence-corrected chi connectivity index (χ2v) is 15.3. The molecule has 56 heavy (non-hydrogen) atoms. The number of ether oxygens (including phenoxy) is 3. The van der Waals surface area contributed by atoms with Crippen molar-refractivity contribution in [2.45, 2.75) is 84.2 Å². The van der Waals surface area contributed by atoms with E-state index in [9.17, 15) is 19.2 Å². The van der Waals surface area contributed by atoms with Crippen LogP contribution in [0.2, 0.25) is 0 Å². The molecule has 1 unspecified atom stereocenters. The average molecular weight is 767 g/mol. The van der Waals surface area contributed by atoms with Crippen molar-refractivity contribution in [3.05, 3.63) is 66.0 Å². The number of alkyl carbamates (subject to hydrolysis) is 2. The zero-order chi connectivity index (χ0) is 39.7. The van der Waals surface area contributed by atoms with E-state index in [4.69, 9.17) is 24.2 Å². The van der Waals surface area contributed by atoms with Gasteiger partial charge in [-0.1, -0.05) is 45.9 Å². The van der Waals surface area contributed by atoms with Crippen LogP contribution in [0.5, 0.6) is 5.75 Å². The minimum Gasteiger partial charge on any atom is -0.488 e. The molecule has 15 nitrogen and oxygen atoms in total. The molecule has 7 rings (SSSR count). The minimum atomic E-state index is -0.701. The lowest BCUT2D eigenvalue weighted by Crippen LogP contribution is -2.51. The molecule has 3 aliphatic heterocycles. The Morgan fingerprint density at radius 2 is 1.21 bits per heavy atom. The van der Waals surface area contributed by atoms with Crippen LogP contribution in [0, 0.1) is 11.8 Å². The molecule has 3 aliphatic rings. The van der Waals surface area contributed by atoms with Crippen LogP contribution in [0.15, 0.2) is 48.8 Å². The van der Waals surface area contributed by atoms with Gasteiger partial charge in [-0.25, -0.2) is 19.6 Å². The molecule has 0 saturated carbocycles. The first-order chi connectivity index (χ1) is 27.0. The summed E-state index contributed by atoms with van der Waals surface area (Å²) in [6.07, 6.45) is 5.54. The number of carbonyl (C=O) groups is 4. The third-order valence-corrected chi connectivity index (χ3v) is 11.1. The fourth-order valence-electron chi connectivity index (χ4n) is 8.02. The molecule has 4 aromatic rings. The zero-order valence-electron chi connectivity index (χ0n) is 32.7. The highest BCUT2D eigenvalue weighted by Crippen LogP contribution is 2.42. The number of methoxy groups -OCH3 is 2. The second-order valence-electron chi connectivity index (χ2n) is 15.3. The molecule has 5 heterocycles. The fourth-order valence-corrected chi connectivity index (χ4v) is 8.02. The summed E-state index contributed by atoms with van der Waals surface area (Å²) >= 11 is 0. The molecule has 4 atom stereocenters. The van der Waals surface area contributed by atoms with E-state index in [2.05, 4.69) is 44.9 Å². The van der Waals surface area contributed by atoms with Crippen LogP contribution in [0.4, 0.5) is 9.59 Å². The number of nitrogens with one attached hydrogen (secondary N) is 4. The Morgan fingerprint density at radius 1 is 0.732 bits per heavy atom. The first kappa shape index (κ1) is 38.4. The second kappa shape index (κ2) is 16.1. The number of benzene rings is 2. The van der Waals surface area contributed by atoms with Gasteiger partial charge in [0.05, 0.1) is 50.1 Å². The molecule has 0 spiro atoms. The number of hydrogen-bond donors (Lipinski definition) is 4. The fraction of sp³-hybridized carbons (Fsp3) is 0.463. The van der Waals surface area contributed by atoms with Gasteiger partial charge in [0.2, 0.25) is 11.8 Å². The van der Waals surface area contributed by atoms with Crippen molar-refractivity contribution in [3.8, 4) is 39.4 Å². The number of hydrogen-bond acceptors (Lipinski definition) is 9. The molecule has 2 aromatic heterocycles. The smallest absolute Gasteiger partial charge is 0.407 e. The van der Waals surface area contributed by atoms with Crippen molar-refractivity contribution >= 4 is 24.0 Å². The van der Waals surface area contributed by atoms with Gasteiger partial charge in [0.25, 0.3) is 0 Å². The van der Waals surface area contributed by atoms with E-state index in [1.165, 1.54) is 14.2 Å². The Bertz CT molecular complexity index is 1960. The highest BCUT2D eigenvalue weighted by atomic mass is 16.5. The van der Waals surface area contributed by atoms with Gasteiger partial charge in [-0.15, -0.1) is 0 Å². The molecular weight excluding hydrogens is 716 g/mol. The number of aromatic amines is 2. The van der Waals surface area contributed by atoms with Gasteiger partial charge < -0.3 is 44.6 Å². The number of aromatic nitrogens is 4. The summed E-state index contributed by atoms with van der Waals surface area (Å²) in [5, 5.41) is 5.39. The Hall–Kier alpha value is -5.86. The van der Waals surface area contributed by atoms with Gasteiger partial charge in [0.1, 0.15) is 36.1 Å². The molecule has 0 radical (unpaired) electrons. The summed E-state index contributed by atoms with van der Waals surface area (Å²) in [5.41, 5.74) is 6.64. The van der Waals surface area contributed by atoms with E-state index >= 15 is 0 Å². The van der Waals surface area contributed by atoms with E-state index in [-0.39, 0.29) is 35.7 Å². The summed E-state index contributed by atoms with van der Waals surface area (Å²) in [7, 11) is 2.57. The molecule has 15 heteroatoms. The van der Waals surface area contributed by atoms with E-state index < -0.39 is 24.3 Å². The third-order valence-electron chi connectivity index (χ3n) is 11.1. The number of carbonyl (C=O) groups excluding carboxylic acids is 4. The first-order valence-electron chi connectivity index (χ1n) is 19.3. The molecular formula is C41H50N8O7. The summed E-state index contributed by atoms with van der Waals surface area (Å²) in [4.78, 5) is 71.1. The molecule has 4 amide bonds. The standard InChI is InChI=1S/C41H50N8O7/c1-22(2)34(46-40(52)54-5)38(50)48-15-7-9-31(48)36-42-19-29(44-36)24-11-13-27-26(17-24)21-56-33-18-25(12-14-28(27)33)30-20-43-37(45-30)32-10-8-16-49(32)39(51)35(23(3)4)47-41(53)55-6/h11-14,17-20,22-23,31-32,34-35H,7-10,15-16,21H2,1-6H3,(H,42,44)(H,43,45)(H,46,52)(H,47,53)/t31-,32-,34?,35-/m0/s1. The maximum atomic E-state index is 13.6. The lowest BCUT2D eigenvalue weighted by Gasteiger charge is -2.30. The number of imidazole rings is 2. The van der Waals surface area contributed by atoms with Crippen molar-refractivity contribution in [2.24, 2.45) is 11.8 Å². The summed E-state index contributed by atoms with van der Waals surface area (Å²) < 4.78 is 15.8. The van der Waals surface area contributed by atoms with E-state index in [1.807, 2.05) is 39.8 Å². The highest BCUT2D eigenvalue weighted by molar-refractivity contribution is 5.87. The topological polar surface area (TPSA) is 184 Å². The van der Waals surface area contributed by atoms with Gasteiger partial charge in [-0.3, -0.25) is 9.59 Å². The van der Waals surface area contributed by atoms with Crippen LogP contribution in [-0.2, 0) is 25.7 Å². The monoisotopic (exact) mass is 766 g/mol. The highest BCUT2D eigenvalue weighted by Gasteiger charge is 2.39. The minimum absolute atomic E-state index is 0.114. The van der Waals surface area contributed by atoms with Gasteiger partial charge in [-0.2, -0.15) is 0 Å². The number of likely N-dealkylation sites (tertiary alicyclic amines) is 2. The zero-order valence-corrected chi connectivity index (χ0v) is 32.7.